The molecule has 1 rings (SSSR count). The van der Waals surface area contributed by atoms with Crippen LogP contribution in [0.2, 0.25) is 0 Å². The van der Waals surface area contributed by atoms with Crippen molar-refractivity contribution in [1.82, 2.24) is 4.90 Å². The topological polar surface area (TPSA) is 3.24 Å². The molecule has 1 aliphatic rings. The van der Waals surface area contributed by atoms with Crippen molar-refractivity contribution in [2.45, 2.75) is 71.3 Å². The average molecular weight is 225 g/mol. The largest absolute Gasteiger partial charge is 0.306 e. The van der Waals surface area contributed by atoms with Crippen LogP contribution in [0.5, 0.6) is 0 Å². The minimum Gasteiger partial charge on any atom is -0.306 e. The smallest absolute Gasteiger partial charge is 0.00893 e. The minimum atomic E-state index is 0.861. The van der Waals surface area contributed by atoms with Crippen LogP contribution >= 0.6 is 0 Å². The summed E-state index contributed by atoms with van der Waals surface area (Å²) in [6, 6.07) is 0.861. The molecule has 0 bridgehead atoms. The molecule has 0 amide bonds. The lowest BCUT2D eigenvalue weighted by atomic mass is 9.75. The summed E-state index contributed by atoms with van der Waals surface area (Å²) in [5, 5.41) is 0. The van der Waals surface area contributed by atoms with Crippen LogP contribution in [-0.2, 0) is 0 Å². The molecule has 16 heavy (non-hydrogen) atoms. The van der Waals surface area contributed by atoms with Gasteiger partial charge in [0.1, 0.15) is 0 Å². The maximum absolute atomic E-state index is 2.42. The lowest BCUT2D eigenvalue weighted by molar-refractivity contribution is 0.149. The van der Waals surface area contributed by atoms with E-state index in [-0.39, 0.29) is 0 Å². The van der Waals surface area contributed by atoms with Gasteiger partial charge in [-0.05, 0) is 51.6 Å². The first-order chi connectivity index (χ1) is 7.69. The zero-order chi connectivity index (χ0) is 12.0. The van der Waals surface area contributed by atoms with E-state index in [9.17, 15) is 0 Å². The maximum atomic E-state index is 2.42. The van der Waals surface area contributed by atoms with E-state index >= 15 is 0 Å². The third kappa shape index (κ3) is 4.08. The Morgan fingerprint density at radius 1 is 0.938 bits per heavy atom. The highest BCUT2D eigenvalue weighted by Crippen LogP contribution is 2.36. The van der Waals surface area contributed by atoms with Crippen molar-refractivity contribution >= 4 is 0 Å². The SMILES string of the molecule is CCCC(CCC)C1CCC(N(C)C)CC1. The molecule has 1 saturated carbocycles. The van der Waals surface area contributed by atoms with E-state index in [1.54, 1.807) is 0 Å². The number of hydrogen-bond acceptors (Lipinski definition) is 1. The summed E-state index contributed by atoms with van der Waals surface area (Å²) in [6.45, 7) is 4.68. The molecule has 1 heteroatoms. The fourth-order valence-electron chi connectivity index (χ4n) is 3.45. The van der Waals surface area contributed by atoms with Crippen LogP contribution in [0.15, 0.2) is 0 Å². The Labute approximate surface area is 103 Å². The molecule has 96 valence electrons. The van der Waals surface area contributed by atoms with E-state index in [2.05, 4.69) is 32.8 Å². The summed E-state index contributed by atoms with van der Waals surface area (Å²) >= 11 is 0. The predicted octanol–water partition coefficient (Wildman–Crippen LogP) is 4.32. The third-order valence-corrected chi connectivity index (χ3v) is 4.46. The first kappa shape index (κ1) is 14.0. The quantitative estimate of drug-likeness (QED) is 0.650. The molecule has 0 unspecified atom stereocenters. The second kappa shape index (κ2) is 7.32. The van der Waals surface area contributed by atoms with Crippen molar-refractivity contribution in [2.75, 3.05) is 14.1 Å². The van der Waals surface area contributed by atoms with Crippen molar-refractivity contribution < 1.29 is 0 Å². The van der Waals surface area contributed by atoms with E-state index in [1.165, 1.54) is 51.4 Å². The summed E-state index contributed by atoms with van der Waals surface area (Å²) in [5.41, 5.74) is 0. The van der Waals surface area contributed by atoms with Crippen molar-refractivity contribution in [1.29, 1.82) is 0 Å². The van der Waals surface area contributed by atoms with Crippen LogP contribution in [0.3, 0.4) is 0 Å². The average Bonchev–Trinajstić information content (AvgIpc) is 2.29. The van der Waals surface area contributed by atoms with E-state index in [1.807, 2.05) is 0 Å². The molecular weight excluding hydrogens is 194 g/mol. The highest BCUT2D eigenvalue weighted by Gasteiger charge is 2.27. The number of hydrogen-bond donors (Lipinski definition) is 0. The van der Waals surface area contributed by atoms with Crippen molar-refractivity contribution in [3.63, 3.8) is 0 Å². The fourth-order valence-corrected chi connectivity index (χ4v) is 3.45. The Hall–Kier alpha value is -0.0400. The highest BCUT2D eigenvalue weighted by molar-refractivity contribution is 4.80. The third-order valence-electron chi connectivity index (χ3n) is 4.46. The van der Waals surface area contributed by atoms with Gasteiger partial charge in [0.15, 0.2) is 0 Å². The molecule has 0 spiro atoms. The molecule has 0 aromatic carbocycles. The summed E-state index contributed by atoms with van der Waals surface area (Å²) in [4.78, 5) is 2.42. The Balaban J connectivity index is 2.37. The summed E-state index contributed by atoms with van der Waals surface area (Å²) in [6.07, 6.45) is 11.5. The predicted molar refractivity (Wildman–Crippen MR) is 72.7 cm³/mol. The Bertz CT molecular complexity index is 162. The number of rotatable bonds is 6. The summed E-state index contributed by atoms with van der Waals surface area (Å²) in [7, 11) is 4.47. The molecule has 1 fully saturated rings. The van der Waals surface area contributed by atoms with Gasteiger partial charge in [0.05, 0.1) is 0 Å². The Morgan fingerprint density at radius 2 is 1.44 bits per heavy atom. The van der Waals surface area contributed by atoms with E-state index < -0.39 is 0 Å². The van der Waals surface area contributed by atoms with Gasteiger partial charge in [-0.15, -0.1) is 0 Å². The van der Waals surface area contributed by atoms with Gasteiger partial charge in [-0.3, -0.25) is 0 Å². The molecule has 0 atom stereocenters. The maximum Gasteiger partial charge on any atom is 0.00893 e. The second-order valence-electron chi connectivity index (χ2n) is 5.87. The van der Waals surface area contributed by atoms with Gasteiger partial charge in [-0.25, -0.2) is 0 Å². The molecule has 0 aliphatic heterocycles. The van der Waals surface area contributed by atoms with Crippen LogP contribution < -0.4 is 0 Å². The molecule has 0 aromatic rings. The van der Waals surface area contributed by atoms with Crippen LogP contribution in [0, 0.1) is 11.8 Å². The van der Waals surface area contributed by atoms with Crippen molar-refractivity contribution in [3.8, 4) is 0 Å². The molecule has 0 saturated heterocycles. The van der Waals surface area contributed by atoms with Gasteiger partial charge in [0.25, 0.3) is 0 Å². The van der Waals surface area contributed by atoms with Crippen LogP contribution in [-0.4, -0.2) is 25.0 Å². The van der Waals surface area contributed by atoms with E-state index in [0.717, 1.165) is 17.9 Å². The molecule has 0 N–H and O–H groups in total. The molecule has 1 nitrogen and oxygen atoms in total. The molecular formula is C15H31N. The van der Waals surface area contributed by atoms with Gasteiger partial charge in [0, 0.05) is 6.04 Å². The van der Waals surface area contributed by atoms with Crippen LogP contribution in [0.4, 0.5) is 0 Å². The van der Waals surface area contributed by atoms with E-state index in [4.69, 9.17) is 0 Å². The van der Waals surface area contributed by atoms with Crippen molar-refractivity contribution in [2.24, 2.45) is 11.8 Å². The van der Waals surface area contributed by atoms with E-state index in [0.29, 0.717) is 0 Å². The first-order valence-electron chi connectivity index (χ1n) is 7.35. The number of nitrogens with zero attached hydrogens (tertiary/aromatic N) is 1. The zero-order valence-corrected chi connectivity index (χ0v) is 11.8. The van der Waals surface area contributed by atoms with Crippen LogP contribution in [0.1, 0.15) is 65.2 Å². The lowest BCUT2D eigenvalue weighted by Gasteiger charge is -2.36. The minimum absolute atomic E-state index is 0.861. The first-order valence-corrected chi connectivity index (χ1v) is 7.35. The van der Waals surface area contributed by atoms with Gasteiger partial charge >= 0.3 is 0 Å². The molecule has 0 radical (unpaired) electrons. The molecule has 1 aliphatic carbocycles. The molecule has 0 aromatic heterocycles. The zero-order valence-electron chi connectivity index (χ0n) is 11.8. The highest BCUT2D eigenvalue weighted by atomic mass is 15.1. The van der Waals surface area contributed by atoms with Gasteiger partial charge < -0.3 is 4.90 Å². The van der Waals surface area contributed by atoms with Gasteiger partial charge in [0.2, 0.25) is 0 Å². The summed E-state index contributed by atoms with van der Waals surface area (Å²) in [5.74, 6) is 2.06. The Morgan fingerprint density at radius 3 is 1.81 bits per heavy atom. The van der Waals surface area contributed by atoms with Gasteiger partial charge in [-0.1, -0.05) is 39.5 Å². The molecule has 0 heterocycles. The monoisotopic (exact) mass is 225 g/mol. The summed E-state index contributed by atoms with van der Waals surface area (Å²) < 4.78 is 0. The second-order valence-corrected chi connectivity index (χ2v) is 5.87. The van der Waals surface area contributed by atoms with Crippen LogP contribution in [0.25, 0.3) is 0 Å². The normalized spacial score (nSPS) is 26.6. The Kier molecular flexibility index (Phi) is 6.41. The standard InChI is InChI=1S/C15H31N/c1-5-7-13(8-6-2)14-9-11-15(12-10-14)16(3)4/h13-15H,5-12H2,1-4H3. The van der Waals surface area contributed by atoms with Gasteiger partial charge in [-0.2, -0.15) is 0 Å². The lowest BCUT2D eigenvalue weighted by Crippen LogP contribution is -2.33. The fraction of sp³-hybridized carbons (Fsp3) is 1.00. The van der Waals surface area contributed by atoms with Crippen molar-refractivity contribution in [3.05, 3.63) is 0 Å².